The first-order valence-electron chi connectivity index (χ1n) is 11.7. The number of hydrogen-bond donors (Lipinski definition) is 2. The van der Waals surface area contributed by atoms with Gasteiger partial charge in [-0.3, -0.25) is 0 Å². The van der Waals surface area contributed by atoms with E-state index in [1.165, 1.54) is 39.5 Å². The lowest BCUT2D eigenvalue weighted by Crippen LogP contribution is -2.38. The summed E-state index contributed by atoms with van der Waals surface area (Å²) >= 11 is 0. The quantitative estimate of drug-likeness (QED) is 0.416. The summed E-state index contributed by atoms with van der Waals surface area (Å²) in [6.07, 6.45) is 6.36. The molecule has 0 unspecified atom stereocenters. The van der Waals surface area contributed by atoms with Crippen LogP contribution in [-0.2, 0) is 10.0 Å². The number of nitrogens with zero attached hydrogens (tertiary/aromatic N) is 1. The molecule has 1 aliphatic heterocycles. The van der Waals surface area contributed by atoms with Crippen molar-refractivity contribution in [2.24, 2.45) is 0 Å². The van der Waals surface area contributed by atoms with E-state index in [1.54, 1.807) is 18.2 Å². The van der Waals surface area contributed by atoms with Crippen LogP contribution < -0.4 is 10.5 Å². The number of piperidine rings is 1. The lowest BCUT2D eigenvalue weighted by molar-refractivity contribution is 0.261. The fourth-order valence-electron chi connectivity index (χ4n) is 4.88. The van der Waals surface area contributed by atoms with E-state index >= 15 is 0 Å². The Kier molecular flexibility index (Phi) is 6.37. The molecule has 0 spiro atoms. The van der Waals surface area contributed by atoms with Crippen LogP contribution in [0, 0.1) is 0 Å². The Bertz CT molecular complexity index is 1310. The van der Waals surface area contributed by atoms with Gasteiger partial charge in [0.25, 0.3) is 0 Å². The summed E-state index contributed by atoms with van der Waals surface area (Å²) in [5.41, 5.74) is 14.0. The highest BCUT2D eigenvalue weighted by atomic mass is 32.2. The molecule has 5 rings (SSSR count). The number of rotatable bonds is 5. The van der Waals surface area contributed by atoms with Crippen molar-refractivity contribution >= 4 is 33.4 Å². The molecule has 1 heterocycles. The number of nitrogens with two attached hydrogens (primary N) is 1. The summed E-state index contributed by atoms with van der Waals surface area (Å²) in [4.78, 5) is 2.47. The predicted octanol–water partition coefficient (Wildman–Crippen LogP) is 4.63. The third-order valence-electron chi connectivity index (χ3n) is 6.64. The highest BCUT2D eigenvalue weighted by Gasteiger charge is 2.23. The second-order valence-electron chi connectivity index (χ2n) is 8.76. The number of nitrogens with one attached hydrogen (secondary N) is 1. The van der Waals surface area contributed by atoms with Crippen molar-refractivity contribution < 1.29 is 8.42 Å². The van der Waals surface area contributed by atoms with E-state index in [0.29, 0.717) is 13.1 Å². The zero-order valence-electron chi connectivity index (χ0n) is 19.1. The smallest absolute Gasteiger partial charge is 0.242 e. The molecule has 6 heteroatoms. The molecule has 0 radical (unpaired) electrons. The van der Waals surface area contributed by atoms with Gasteiger partial charge in [-0.1, -0.05) is 78.4 Å². The molecule has 0 atom stereocenters. The van der Waals surface area contributed by atoms with Gasteiger partial charge in [0.2, 0.25) is 10.0 Å². The molecule has 3 N–H and O–H groups in total. The first kappa shape index (κ1) is 22.6. The topological polar surface area (TPSA) is 75.4 Å². The maximum atomic E-state index is 12.6. The summed E-state index contributed by atoms with van der Waals surface area (Å²) in [7, 11) is -3.61. The van der Waals surface area contributed by atoms with Gasteiger partial charge in [0.15, 0.2) is 0 Å². The molecule has 174 valence electrons. The zero-order valence-corrected chi connectivity index (χ0v) is 19.9. The van der Waals surface area contributed by atoms with Gasteiger partial charge < -0.3 is 10.6 Å². The van der Waals surface area contributed by atoms with Crippen LogP contribution in [0.15, 0.2) is 83.3 Å². The number of sulfonamides is 1. The first-order chi connectivity index (χ1) is 16.5. The minimum Gasteiger partial charge on any atom is -0.398 e. The fourth-order valence-corrected chi connectivity index (χ4v) is 6.03. The maximum Gasteiger partial charge on any atom is 0.242 e. The van der Waals surface area contributed by atoms with Crippen molar-refractivity contribution in [1.82, 2.24) is 9.62 Å². The van der Waals surface area contributed by atoms with Crippen LogP contribution in [0.2, 0.25) is 0 Å². The molecular formula is C28H29N3O2S. The molecule has 5 nitrogen and oxygen atoms in total. The van der Waals surface area contributed by atoms with Crippen molar-refractivity contribution in [2.45, 2.75) is 17.7 Å². The molecule has 2 aliphatic rings. The first-order valence-corrected chi connectivity index (χ1v) is 13.2. The summed E-state index contributed by atoms with van der Waals surface area (Å²) < 4.78 is 27.9. The summed E-state index contributed by atoms with van der Waals surface area (Å²) in [5.74, 6) is 0. The number of para-hydroxylation sites is 1. The number of fused-ring (bicyclic) bond motifs is 2. The van der Waals surface area contributed by atoms with Gasteiger partial charge in [-0.15, -0.1) is 0 Å². The van der Waals surface area contributed by atoms with Gasteiger partial charge in [-0.25, -0.2) is 13.1 Å². The lowest BCUT2D eigenvalue weighted by atomic mass is 9.86. The largest absolute Gasteiger partial charge is 0.398 e. The third-order valence-corrected chi connectivity index (χ3v) is 8.18. The Hall–Kier alpha value is -3.19. The Labute approximate surface area is 201 Å². The molecule has 34 heavy (non-hydrogen) atoms. The van der Waals surface area contributed by atoms with Gasteiger partial charge in [0.1, 0.15) is 4.90 Å². The van der Waals surface area contributed by atoms with Crippen LogP contribution in [0.3, 0.4) is 0 Å². The van der Waals surface area contributed by atoms with Gasteiger partial charge >= 0.3 is 0 Å². The second-order valence-corrected chi connectivity index (χ2v) is 10.5. The molecule has 1 aliphatic carbocycles. The van der Waals surface area contributed by atoms with Crippen molar-refractivity contribution in [3.8, 4) is 0 Å². The number of likely N-dealkylation sites (tertiary alicyclic amines) is 1. The standard InChI is InChI=1S/C28H29N3O2S/c29-26-11-5-6-12-27(26)34(32,33)30-17-20-31-18-15-23(16-19-31)28-24-9-3-1-7-21(24)13-14-22-8-2-4-10-25(22)28/h1-14,30H,15-20,29H2. The van der Waals surface area contributed by atoms with Gasteiger partial charge in [0.05, 0.1) is 5.69 Å². The maximum absolute atomic E-state index is 12.6. The Morgan fingerprint density at radius 2 is 1.35 bits per heavy atom. The van der Waals surface area contributed by atoms with E-state index in [9.17, 15) is 8.42 Å². The Morgan fingerprint density at radius 3 is 1.97 bits per heavy atom. The SMILES string of the molecule is Nc1ccccc1S(=O)(=O)NCCN1CCC(=C2c3ccccc3C=Cc3ccccc32)CC1. The zero-order chi connectivity index (χ0) is 23.5. The van der Waals surface area contributed by atoms with Crippen LogP contribution in [0.4, 0.5) is 5.69 Å². The molecule has 0 bridgehead atoms. The average Bonchev–Trinajstić information content (AvgIpc) is 3.02. The van der Waals surface area contributed by atoms with E-state index in [4.69, 9.17) is 5.73 Å². The Morgan fingerprint density at radius 1 is 0.794 bits per heavy atom. The Balaban J connectivity index is 1.30. The molecule has 3 aromatic rings. The van der Waals surface area contributed by atoms with E-state index in [-0.39, 0.29) is 10.6 Å². The number of anilines is 1. The second kappa shape index (κ2) is 9.58. The highest BCUT2D eigenvalue weighted by molar-refractivity contribution is 7.89. The number of benzene rings is 3. The van der Waals surface area contributed by atoms with Gasteiger partial charge in [-0.2, -0.15) is 0 Å². The molecule has 1 fully saturated rings. The van der Waals surface area contributed by atoms with Crippen LogP contribution in [0.5, 0.6) is 0 Å². The summed E-state index contributed by atoms with van der Waals surface area (Å²) in [5, 5.41) is 0. The lowest BCUT2D eigenvalue weighted by Gasteiger charge is -2.30. The highest BCUT2D eigenvalue weighted by Crippen LogP contribution is 2.38. The summed E-state index contributed by atoms with van der Waals surface area (Å²) in [6, 6.07) is 23.8. The van der Waals surface area contributed by atoms with Gasteiger partial charge in [0, 0.05) is 26.2 Å². The van der Waals surface area contributed by atoms with Crippen LogP contribution in [0.1, 0.15) is 35.1 Å². The van der Waals surface area contributed by atoms with E-state index in [2.05, 4.69) is 70.3 Å². The van der Waals surface area contributed by atoms with E-state index in [1.807, 2.05) is 0 Å². The molecule has 3 aromatic carbocycles. The van der Waals surface area contributed by atoms with Crippen LogP contribution in [0.25, 0.3) is 17.7 Å². The normalized spacial score (nSPS) is 16.1. The van der Waals surface area contributed by atoms with Crippen molar-refractivity contribution in [3.63, 3.8) is 0 Å². The molecule has 0 aromatic heterocycles. The number of nitrogen functional groups attached to an aromatic ring is 1. The summed E-state index contributed by atoms with van der Waals surface area (Å²) in [6.45, 7) is 2.85. The van der Waals surface area contributed by atoms with Gasteiger partial charge in [-0.05, 0) is 52.8 Å². The molecule has 1 saturated heterocycles. The average molecular weight is 472 g/mol. The van der Waals surface area contributed by atoms with Crippen molar-refractivity contribution in [3.05, 3.63) is 101 Å². The van der Waals surface area contributed by atoms with E-state index < -0.39 is 10.0 Å². The minimum atomic E-state index is -3.61. The minimum absolute atomic E-state index is 0.139. The molecule has 0 saturated carbocycles. The van der Waals surface area contributed by atoms with Crippen LogP contribution >= 0.6 is 0 Å². The fraction of sp³-hybridized carbons (Fsp3) is 0.214. The monoisotopic (exact) mass is 471 g/mol. The van der Waals surface area contributed by atoms with Crippen molar-refractivity contribution in [2.75, 3.05) is 31.9 Å². The van der Waals surface area contributed by atoms with E-state index in [0.717, 1.165) is 25.9 Å². The molecule has 0 amide bonds. The predicted molar refractivity (Wildman–Crippen MR) is 140 cm³/mol. The third kappa shape index (κ3) is 4.57. The number of hydrogen-bond acceptors (Lipinski definition) is 4. The van der Waals surface area contributed by atoms with Crippen LogP contribution in [-0.4, -0.2) is 39.5 Å². The molecular weight excluding hydrogens is 442 g/mol. The van der Waals surface area contributed by atoms with Crippen molar-refractivity contribution in [1.29, 1.82) is 0 Å².